The van der Waals surface area contributed by atoms with Crippen molar-refractivity contribution in [2.24, 2.45) is 0 Å². The molecule has 0 saturated carbocycles. The quantitative estimate of drug-likeness (QED) is 0.937. The van der Waals surface area contributed by atoms with Crippen LogP contribution in [0.2, 0.25) is 0 Å². The van der Waals surface area contributed by atoms with Crippen LogP contribution in [-0.4, -0.2) is 24.7 Å². The average molecular weight is 284 g/mol. The summed E-state index contributed by atoms with van der Waals surface area (Å²) in [6, 6.07) is 12.2. The molecule has 1 aromatic heterocycles. The molecule has 1 atom stereocenters. The summed E-state index contributed by atoms with van der Waals surface area (Å²) < 4.78 is 11.5. The van der Waals surface area contributed by atoms with Crippen LogP contribution in [0.3, 0.4) is 0 Å². The van der Waals surface area contributed by atoms with Crippen LogP contribution in [-0.2, 0) is 0 Å². The molecule has 0 bridgehead atoms. The summed E-state index contributed by atoms with van der Waals surface area (Å²) in [5.74, 6) is 1.65. The number of hydrogen-bond donors (Lipinski definition) is 1. The van der Waals surface area contributed by atoms with E-state index in [1.54, 1.807) is 0 Å². The largest absolute Gasteiger partial charge is 0.490 e. The van der Waals surface area contributed by atoms with Gasteiger partial charge in [0.05, 0.1) is 24.9 Å². The van der Waals surface area contributed by atoms with Gasteiger partial charge in [-0.2, -0.15) is 0 Å². The summed E-state index contributed by atoms with van der Waals surface area (Å²) in [6.07, 6.45) is 2.74. The Morgan fingerprint density at radius 3 is 2.76 bits per heavy atom. The fourth-order valence-electron chi connectivity index (χ4n) is 2.50. The van der Waals surface area contributed by atoms with Gasteiger partial charge in [0.2, 0.25) is 0 Å². The molecule has 2 aromatic rings. The second-order valence-corrected chi connectivity index (χ2v) is 5.00. The van der Waals surface area contributed by atoms with Gasteiger partial charge in [-0.15, -0.1) is 0 Å². The number of nitrogens with zero attached hydrogens (tertiary/aromatic N) is 1. The third kappa shape index (κ3) is 3.16. The van der Waals surface area contributed by atoms with E-state index in [1.165, 1.54) is 0 Å². The smallest absolute Gasteiger partial charge is 0.161 e. The molecule has 1 unspecified atom stereocenters. The lowest BCUT2D eigenvalue weighted by molar-refractivity contribution is 0.297. The third-order valence-corrected chi connectivity index (χ3v) is 3.50. The third-order valence-electron chi connectivity index (χ3n) is 3.50. The van der Waals surface area contributed by atoms with Crippen molar-refractivity contribution in [2.45, 2.75) is 19.4 Å². The summed E-state index contributed by atoms with van der Waals surface area (Å²) in [7, 11) is 0. The fraction of sp³-hybridized carbons (Fsp3) is 0.353. The first-order chi connectivity index (χ1) is 10.4. The van der Waals surface area contributed by atoms with E-state index in [1.807, 2.05) is 30.5 Å². The number of hydrogen-bond acceptors (Lipinski definition) is 4. The van der Waals surface area contributed by atoms with E-state index in [0.29, 0.717) is 13.2 Å². The zero-order valence-corrected chi connectivity index (χ0v) is 12.2. The van der Waals surface area contributed by atoms with E-state index in [9.17, 15) is 0 Å². The SMILES string of the molecule is CCNC(c1ccc2c(c1)OCCCO2)c1ccccn1. The first-order valence-corrected chi connectivity index (χ1v) is 7.42. The Morgan fingerprint density at radius 1 is 1.14 bits per heavy atom. The molecule has 0 saturated heterocycles. The van der Waals surface area contributed by atoms with Crippen molar-refractivity contribution in [2.75, 3.05) is 19.8 Å². The van der Waals surface area contributed by atoms with E-state index in [-0.39, 0.29) is 6.04 Å². The van der Waals surface area contributed by atoms with Gasteiger partial charge in [-0.25, -0.2) is 0 Å². The Bertz CT molecular complexity index is 587. The van der Waals surface area contributed by atoms with Gasteiger partial charge < -0.3 is 14.8 Å². The van der Waals surface area contributed by atoms with Gasteiger partial charge in [0.1, 0.15) is 0 Å². The molecule has 0 amide bonds. The molecule has 4 heteroatoms. The number of fused-ring (bicyclic) bond motifs is 1. The number of ether oxygens (including phenoxy) is 2. The maximum Gasteiger partial charge on any atom is 0.161 e. The number of rotatable bonds is 4. The summed E-state index contributed by atoms with van der Waals surface area (Å²) >= 11 is 0. The van der Waals surface area contributed by atoms with Crippen LogP contribution in [0.1, 0.15) is 30.6 Å². The summed E-state index contributed by atoms with van der Waals surface area (Å²) in [6.45, 7) is 4.38. The molecule has 0 spiro atoms. The second kappa shape index (κ2) is 6.59. The number of benzene rings is 1. The molecule has 1 aromatic carbocycles. The molecular weight excluding hydrogens is 264 g/mol. The number of nitrogens with one attached hydrogen (secondary N) is 1. The van der Waals surface area contributed by atoms with Crippen molar-refractivity contribution in [1.29, 1.82) is 0 Å². The highest BCUT2D eigenvalue weighted by atomic mass is 16.5. The van der Waals surface area contributed by atoms with Gasteiger partial charge >= 0.3 is 0 Å². The topological polar surface area (TPSA) is 43.4 Å². The lowest BCUT2D eigenvalue weighted by Crippen LogP contribution is -2.22. The molecular formula is C17H20N2O2. The Balaban J connectivity index is 1.94. The van der Waals surface area contributed by atoms with Gasteiger partial charge in [0.15, 0.2) is 11.5 Å². The Kier molecular flexibility index (Phi) is 4.36. The molecule has 0 aliphatic carbocycles. The van der Waals surface area contributed by atoms with Crippen LogP contribution in [0.25, 0.3) is 0 Å². The maximum atomic E-state index is 5.78. The van der Waals surface area contributed by atoms with Gasteiger partial charge in [0, 0.05) is 12.6 Å². The van der Waals surface area contributed by atoms with Crippen LogP contribution >= 0.6 is 0 Å². The molecule has 1 aliphatic rings. The summed E-state index contributed by atoms with van der Waals surface area (Å²) in [5, 5.41) is 3.48. The fourth-order valence-corrected chi connectivity index (χ4v) is 2.50. The molecule has 3 rings (SSSR count). The van der Waals surface area contributed by atoms with E-state index in [0.717, 1.165) is 35.7 Å². The maximum absolute atomic E-state index is 5.78. The second-order valence-electron chi connectivity index (χ2n) is 5.00. The molecule has 1 aliphatic heterocycles. The van der Waals surface area contributed by atoms with Crippen LogP contribution in [0, 0.1) is 0 Å². The van der Waals surface area contributed by atoms with Gasteiger partial charge in [-0.1, -0.05) is 19.1 Å². The van der Waals surface area contributed by atoms with E-state index >= 15 is 0 Å². The Morgan fingerprint density at radius 2 is 2.00 bits per heavy atom. The number of pyridine rings is 1. The molecule has 1 N–H and O–H groups in total. The van der Waals surface area contributed by atoms with E-state index in [2.05, 4.69) is 29.4 Å². The molecule has 110 valence electrons. The van der Waals surface area contributed by atoms with Gasteiger partial charge in [-0.05, 0) is 36.4 Å². The normalized spacial score (nSPS) is 15.3. The zero-order chi connectivity index (χ0) is 14.5. The predicted octanol–water partition coefficient (Wildman–Crippen LogP) is 2.94. The van der Waals surface area contributed by atoms with Gasteiger partial charge in [-0.3, -0.25) is 4.98 Å². The van der Waals surface area contributed by atoms with Crippen LogP contribution in [0.15, 0.2) is 42.6 Å². The first-order valence-electron chi connectivity index (χ1n) is 7.42. The molecule has 4 nitrogen and oxygen atoms in total. The van der Waals surface area contributed by atoms with Crippen molar-refractivity contribution in [3.63, 3.8) is 0 Å². The lowest BCUT2D eigenvalue weighted by atomic mass is 10.0. The standard InChI is InChI=1S/C17H20N2O2/c1-2-18-17(14-6-3-4-9-19-14)13-7-8-15-16(12-13)21-11-5-10-20-15/h3-4,6-9,12,17-18H,2,5,10-11H2,1H3. The van der Waals surface area contributed by atoms with Crippen LogP contribution in [0.5, 0.6) is 11.5 Å². The minimum absolute atomic E-state index is 0.0633. The van der Waals surface area contributed by atoms with Crippen molar-refractivity contribution in [1.82, 2.24) is 10.3 Å². The van der Waals surface area contributed by atoms with Gasteiger partial charge in [0.25, 0.3) is 0 Å². The van der Waals surface area contributed by atoms with Crippen molar-refractivity contribution in [3.05, 3.63) is 53.9 Å². The highest BCUT2D eigenvalue weighted by Gasteiger charge is 2.18. The lowest BCUT2D eigenvalue weighted by Gasteiger charge is -2.19. The molecule has 21 heavy (non-hydrogen) atoms. The van der Waals surface area contributed by atoms with Crippen molar-refractivity contribution >= 4 is 0 Å². The highest BCUT2D eigenvalue weighted by Crippen LogP contribution is 2.33. The molecule has 2 heterocycles. The minimum atomic E-state index is 0.0633. The van der Waals surface area contributed by atoms with Crippen molar-refractivity contribution in [3.8, 4) is 11.5 Å². The van der Waals surface area contributed by atoms with E-state index < -0.39 is 0 Å². The number of aromatic nitrogens is 1. The molecule has 0 fully saturated rings. The monoisotopic (exact) mass is 284 g/mol. The van der Waals surface area contributed by atoms with E-state index in [4.69, 9.17) is 9.47 Å². The molecule has 0 radical (unpaired) electrons. The first kappa shape index (κ1) is 13.9. The minimum Gasteiger partial charge on any atom is -0.490 e. The Hall–Kier alpha value is -2.07. The van der Waals surface area contributed by atoms with Crippen LogP contribution in [0.4, 0.5) is 0 Å². The average Bonchev–Trinajstić information content (AvgIpc) is 2.78. The predicted molar refractivity (Wildman–Crippen MR) is 81.8 cm³/mol. The zero-order valence-electron chi connectivity index (χ0n) is 12.2. The summed E-state index contributed by atoms with van der Waals surface area (Å²) in [4.78, 5) is 4.47. The highest BCUT2D eigenvalue weighted by molar-refractivity contribution is 5.45. The van der Waals surface area contributed by atoms with Crippen molar-refractivity contribution < 1.29 is 9.47 Å². The Labute approximate surface area is 125 Å². The summed E-state index contributed by atoms with van der Waals surface area (Å²) in [5.41, 5.74) is 2.15. The van der Waals surface area contributed by atoms with Crippen LogP contribution < -0.4 is 14.8 Å².